The molecule has 1 rings (SSSR count). The first-order valence-electron chi connectivity index (χ1n) is 11.0. The van der Waals surface area contributed by atoms with Crippen LogP contribution < -0.4 is 0 Å². The highest BCUT2D eigenvalue weighted by Crippen LogP contribution is 2.17. The van der Waals surface area contributed by atoms with E-state index in [2.05, 4.69) is 6.92 Å². The van der Waals surface area contributed by atoms with E-state index in [0.29, 0.717) is 5.56 Å². The minimum absolute atomic E-state index is 0.477. The van der Waals surface area contributed by atoms with Gasteiger partial charge in [-0.25, -0.2) is 4.79 Å². The fourth-order valence-electron chi connectivity index (χ4n) is 3.65. The lowest BCUT2D eigenvalue weighted by Crippen LogP contribution is -2.03. The molecule has 0 aliphatic carbocycles. The van der Waals surface area contributed by atoms with E-state index in [1.165, 1.54) is 83.5 Å². The Morgan fingerprint density at radius 3 is 1.69 bits per heavy atom. The second-order valence-electron chi connectivity index (χ2n) is 7.81. The van der Waals surface area contributed by atoms with Crippen LogP contribution in [-0.4, -0.2) is 11.1 Å². The van der Waals surface area contributed by atoms with Crippen LogP contribution in [0.4, 0.5) is 0 Å². The van der Waals surface area contributed by atoms with E-state index < -0.39 is 5.97 Å². The first-order valence-corrected chi connectivity index (χ1v) is 11.0. The summed E-state index contributed by atoms with van der Waals surface area (Å²) in [6.45, 7) is 4.30. The maximum Gasteiger partial charge on any atom is 0.335 e. The van der Waals surface area contributed by atoms with Crippen molar-refractivity contribution in [2.24, 2.45) is 0 Å². The molecule has 0 atom stereocenters. The maximum atomic E-state index is 11.3. The first-order chi connectivity index (χ1) is 12.6. The van der Waals surface area contributed by atoms with Crippen LogP contribution >= 0.6 is 0 Å². The fraction of sp³-hybridized carbons (Fsp3) is 0.708. The highest BCUT2D eigenvalue weighted by molar-refractivity contribution is 5.89. The van der Waals surface area contributed by atoms with Gasteiger partial charge in [0.15, 0.2) is 0 Å². The van der Waals surface area contributed by atoms with E-state index >= 15 is 0 Å². The van der Waals surface area contributed by atoms with Gasteiger partial charge < -0.3 is 5.11 Å². The molecule has 0 saturated carbocycles. The number of benzene rings is 1. The molecular formula is C24H40O2. The van der Waals surface area contributed by atoms with Crippen molar-refractivity contribution in [2.45, 2.75) is 110 Å². The van der Waals surface area contributed by atoms with Crippen molar-refractivity contribution in [3.8, 4) is 0 Å². The fourth-order valence-corrected chi connectivity index (χ4v) is 3.65. The van der Waals surface area contributed by atoms with Crippen molar-refractivity contribution < 1.29 is 9.90 Å². The van der Waals surface area contributed by atoms with E-state index in [9.17, 15) is 9.90 Å². The van der Waals surface area contributed by atoms with E-state index in [1.807, 2.05) is 19.1 Å². The second-order valence-corrected chi connectivity index (χ2v) is 7.81. The topological polar surface area (TPSA) is 37.3 Å². The minimum atomic E-state index is -0.801. The predicted molar refractivity (Wildman–Crippen MR) is 112 cm³/mol. The van der Waals surface area contributed by atoms with Crippen molar-refractivity contribution in [3.05, 3.63) is 34.9 Å². The lowest BCUT2D eigenvalue weighted by Gasteiger charge is -2.07. The van der Waals surface area contributed by atoms with Crippen LogP contribution in [-0.2, 0) is 6.42 Å². The van der Waals surface area contributed by atoms with Gasteiger partial charge in [0.25, 0.3) is 0 Å². The number of aromatic carboxylic acids is 1. The average Bonchev–Trinajstić information content (AvgIpc) is 2.61. The lowest BCUT2D eigenvalue weighted by atomic mass is 9.98. The second kappa shape index (κ2) is 14.8. The van der Waals surface area contributed by atoms with Gasteiger partial charge in [0.2, 0.25) is 0 Å². The molecule has 2 heteroatoms. The van der Waals surface area contributed by atoms with Gasteiger partial charge in [0.05, 0.1) is 5.56 Å². The van der Waals surface area contributed by atoms with Gasteiger partial charge in [-0.1, -0.05) is 108 Å². The molecule has 0 bridgehead atoms. The molecule has 0 spiro atoms. The van der Waals surface area contributed by atoms with E-state index in [-0.39, 0.29) is 0 Å². The quantitative estimate of drug-likeness (QED) is 0.306. The van der Waals surface area contributed by atoms with E-state index in [4.69, 9.17) is 0 Å². The van der Waals surface area contributed by atoms with Crippen LogP contribution in [0.3, 0.4) is 0 Å². The number of rotatable bonds is 16. The summed E-state index contributed by atoms with van der Waals surface area (Å²) in [6.07, 6.45) is 19.8. The van der Waals surface area contributed by atoms with Crippen molar-refractivity contribution >= 4 is 5.97 Å². The van der Waals surface area contributed by atoms with Crippen molar-refractivity contribution in [3.63, 3.8) is 0 Å². The third-order valence-corrected chi connectivity index (χ3v) is 5.29. The molecule has 0 aromatic heterocycles. The summed E-state index contributed by atoms with van der Waals surface area (Å²) in [4.78, 5) is 11.3. The van der Waals surface area contributed by atoms with Crippen LogP contribution in [0.5, 0.6) is 0 Å². The molecule has 0 fully saturated rings. The van der Waals surface area contributed by atoms with Gasteiger partial charge >= 0.3 is 5.97 Å². The lowest BCUT2D eigenvalue weighted by molar-refractivity contribution is 0.0695. The third-order valence-electron chi connectivity index (χ3n) is 5.29. The monoisotopic (exact) mass is 360 g/mol. The molecule has 0 radical (unpaired) electrons. The van der Waals surface area contributed by atoms with Gasteiger partial charge in [0, 0.05) is 0 Å². The van der Waals surface area contributed by atoms with Gasteiger partial charge in [0.1, 0.15) is 0 Å². The summed E-state index contributed by atoms with van der Waals surface area (Å²) in [7, 11) is 0. The van der Waals surface area contributed by atoms with E-state index in [1.54, 1.807) is 6.07 Å². The standard InChI is InChI=1S/C24H40O2/c1-3-4-5-6-7-8-9-10-11-12-13-14-15-16-17-22-20-21(2)18-19-23(22)24(25)26/h18-20H,3-17H2,1-2H3,(H,25,26). The zero-order chi connectivity index (χ0) is 19.0. The number of carbonyl (C=O) groups is 1. The highest BCUT2D eigenvalue weighted by atomic mass is 16.4. The van der Waals surface area contributed by atoms with Crippen molar-refractivity contribution in [2.75, 3.05) is 0 Å². The summed E-state index contributed by atoms with van der Waals surface area (Å²) < 4.78 is 0. The average molecular weight is 361 g/mol. The van der Waals surface area contributed by atoms with Gasteiger partial charge in [-0.05, 0) is 31.4 Å². The largest absolute Gasteiger partial charge is 0.478 e. The Balaban J connectivity index is 1.97. The number of carboxylic acids is 1. The smallest absolute Gasteiger partial charge is 0.335 e. The van der Waals surface area contributed by atoms with Crippen LogP contribution in [0.1, 0.15) is 118 Å². The number of hydrogen-bond acceptors (Lipinski definition) is 1. The molecule has 1 N–H and O–H groups in total. The summed E-state index contributed by atoms with van der Waals surface area (Å²) in [6, 6.07) is 5.67. The first kappa shape index (κ1) is 22.7. The Hall–Kier alpha value is -1.31. The summed E-state index contributed by atoms with van der Waals surface area (Å²) in [5, 5.41) is 9.27. The summed E-state index contributed by atoms with van der Waals surface area (Å²) in [5.74, 6) is -0.801. The van der Waals surface area contributed by atoms with Gasteiger partial charge in [-0.3, -0.25) is 0 Å². The molecule has 0 aliphatic rings. The molecule has 0 saturated heterocycles. The number of carboxylic acid groups (broad SMARTS) is 1. The van der Waals surface area contributed by atoms with Crippen LogP contribution in [0, 0.1) is 6.92 Å². The van der Waals surface area contributed by atoms with Crippen molar-refractivity contribution in [1.29, 1.82) is 0 Å². The Morgan fingerprint density at radius 1 is 0.769 bits per heavy atom. The van der Waals surface area contributed by atoms with Crippen LogP contribution in [0.2, 0.25) is 0 Å². The predicted octanol–water partition coefficient (Wildman–Crippen LogP) is 7.72. The molecule has 0 heterocycles. The zero-order valence-corrected chi connectivity index (χ0v) is 17.2. The SMILES string of the molecule is CCCCCCCCCCCCCCCCc1cc(C)ccc1C(=O)O. The molecule has 1 aromatic rings. The van der Waals surface area contributed by atoms with Crippen LogP contribution in [0.15, 0.2) is 18.2 Å². The molecule has 26 heavy (non-hydrogen) atoms. The summed E-state index contributed by atoms with van der Waals surface area (Å²) >= 11 is 0. The normalized spacial score (nSPS) is 11.0. The number of unbranched alkanes of at least 4 members (excludes halogenated alkanes) is 13. The Kier molecular flexibility index (Phi) is 13.0. The molecule has 0 aliphatic heterocycles. The maximum absolute atomic E-state index is 11.3. The number of aryl methyl sites for hydroxylation is 2. The zero-order valence-electron chi connectivity index (χ0n) is 17.2. The van der Waals surface area contributed by atoms with Gasteiger partial charge in [-0.15, -0.1) is 0 Å². The minimum Gasteiger partial charge on any atom is -0.478 e. The van der Waals surface area contributed by atoms with Crippen molar-refractivity contribution in [1.82, 2.24) is 0 Å². The highest BCUT2D eigenvalue weighted by Gasteiger charge is 2.09. The van der Waals surface area contributed by atoms with Crippen LogP contribution in [0.25, 0.3) is 0 Å². The molecule has 148 valence electrons. The molecular weight excluding hydrogens is 320 g/mol. The molecule has 1 aromatic carbocycles. The molecule has 0 amide bonds. The molecule has 0 unspecified atom stereocenters. The Morgan fingerprint density at radius 2 is 1.23 bits per heavy atom. The Labute approximate surface area is 161 Å². The van der Waals surface area contributed by atoms with E-state index in [0.717, 1.165) is 24.0 Å². The summed E-state index contributed by atoms with van der Waals surface area (Å²) in [5.41, 5.74) is 2.62. The number of hydrogen-bond donors (Lipinski definition) is 1. The third kappa shape index (κ3) is 10.6. The molecule has 2 nitrogen and oxygen atoms in total. The Bertz CT molecular complexity index is 493. The van der Waals surface area contributed by atoms with Gasteiger partial charge in [-0.2, -0.15) is 0 Å².